The number of hydrogen-bond acceptors (Lipinski definition) is 2. The van der Waals surface area contributed by atoms with E-state index >= 15 is 0 Å². The highest BCUT2D eigenvalue weighted by Crippen LogP contribution is 2.26. The fraction of sp³-hybridized carbons (Fsp3) is 0.600. The molecule has 2 nitrogen and oxygen atoms in total. The third-order valence-corrected chi connectivity index (χ3v) is 3.58. The van der Waals surface area contributed by atoms with Crippen LogP contribution in [0.2, 0.25) is 10.0 Å². The summed E-state index contributed by atoms with van der Waals surface area (Å²) in [5, 5.41) is 4.68. The van der Waals surface area contributed by atoms with E-state index in [1.165, 1.54) is 5.56 Å². The lowest BCUT2D eigenvalue weighted by molar-refractivity contribution is 0.110. The fourth-order valence-electron chi connectivity index (χ4n) is 1.85. The van der Waals surface area contributed by atoms with Crippen molar-refractivity contribution in [3.63, 3.8) is 0 Å². The van der Waals surface area contributed by atoms with E-state index in [0.29, 0.717) is 16.0 Å². The van der Waals surface area contributed by atoms with E-state index in [9.17, 15) is 0 Å². The molecule has 1 N–H and O–H groups in total. The number of rotatable bonds is 8. The van der Waals surface area contributed by atoms with Crippen molar-refractivity contribution in [2.45, 2.75) is 33.2 Å². The number of ether oxygens (including phenoxy) is 1. The topological polar surface area (TPSA) is 21.3 Å². The Morgan fingerprint density at radius 2 is 1.95 bits per heavy atom. The van der Waals surface area contributed by atoms with Gasteiger partial charge in [-0.2, -0.15) is 0 Å². The SMILES string of the molecule is CCC(NCCOCC(C)C)c1ccc(Cl)c(Cl)c1. The Balaban J connectivity index is 2.42. The number of benzene rings is 1. The molecule has 1 rings (SSSR count). The largest absolute Gasteiger partial charge is 0.380 e. The van der Waals surface area contributed by atoms with Crippen LogP contribution >= 0.6 is 23.2 Å². The summed E-state index contributed by atoms with van der Waals surface area (Å²) in [5.41, 5.74) is 1.17. The minimum atomic E-state index is 0.289. The Kier molecular flexibility index (Phi) is 7.77. The first-order chi connectivity index (χ1) is 9.04. The average Bonchev–Trinajstić information content (AvgIpc) is 2.37. The highest BCUT2D eigenvalue weighted by molar-refractivity contribution is 6.42. The van der Waals surface area contributed by atoms with E-state index in [2.05, 4.69) is 26.1 Å². The van der Waals surface area contributed by atoms with E-state index in [4.69, 9.17) is 27.9 Å². The van der Waals surface area contributed by atoms with Gasteiger partial charge in [0.1, 0.15) is 0 Å². The highest BCUT2D eigenvalue weighted by atomic mass is 35.5. The van der Waals surface area contributed by atoms with Crippen LogP contribution in [0.15, 0.2) is 18.2 Å². The molecule has 19 heavy (non-hydrogen) atoms. The molecule has 0 fully saturated rings. The molecule has 0 aromatic heterocycles. The molecule has 1 aromatic rings. The summed E-state index contributed by atoms with van der Waals surface area (Å²) in [6.07, 6.45) is 1.00. The molecular weight excluding hydrogens is 281 g/mol. The molecule has 108 valence electrons. The Morgan fingerprint density at radius 1 is 1.21 bits per heavy atom. The average molecular weight is 304 g/mol. The van der Waals surface area contributed by atoms with Crippen LogP contribution in [0, 0.1) is 5.92 Å². The normalized spacial score (nSPS) is 12.9. The fourth-order valence-corrected chi connectivity index (χ4v) is 2.16. The van der Waals surface area contributed by atoms with Gasteiger partial charge in [-0.3, -0.25) is 0 Å². The summed E-state index contributed by atoms with van der Waals surface area (Å²) in [7, 11) is 0. The molecule has 0 aliphatic carbocycles. The zero-order valence-electron chi connectivity index (χ0n) is 11.9. The maximum Gasteiger partial charge on any atom is 0.0595 e. The van der Waals surface area contributed by atoms with E-state index in [0.717, 1.165) is 26.2 Å². The number of hydrogen-bond donors (Lipinski definition) is 1. The molecule has 4 heteroatoms. The van der Waals surface area contributed by atoms with Crippen LogP contribution in [0.3, 0.4) is 0 Å². The molecule has 1 aromatic carbocycles. The quantitative estimate of drug-likeness (QED) is 0.702. The number of halogens is 2. The molecule has 0 aliphatic heterocycles. The van der Waals surface area contributed by atoms with Gasteiger partial charge in [-0.1, -0.05) is 50.0 Å². The standard InChI is InChI=1S/C15H23Cl2NO/c1-4-15(18-7-8-19-10-11(2)3)12-5-6-13(16)14(17)9-12/h5-6,9,11,15,18H,4,7-8,10H2,1-3H3. The lowest BCUT2D eigenvalue weighted by Crippen LogP contribution is -2.25. The van der Waals surface area contributed by atoms with Gasteiger partial charge in [-0.15, -0.1) is 0 Å². The van der Waals surface area contributed by atoms with E-state index in [-0.39, 0.29) is 6.04 Å². The summed E-state index contributed by atoms with van der Waals surface area (Å²) >= 11 is 12.0. The number of nitrogens with one attached hydrogen (secondary N) is 1. The van der Waals surface area contributed by atoms with Crippen LogP contribution in [0.1, 0.15) is 38.8 Å². The van der Waals surface area contributed by atoms with Gasteiger partial charge >= 0.3 is 0 Å². The molecule has 1 atom stereocenters. The predicted octanol–water partition coefficient (Wildman–Crippen LogP) is 4.71. The lowest BCUT2D eigenvalue weighted by atomic mass is 10.0. The van der Waals surface area contributed by atoms with Crippen LogP contribution in [-0.2, 0) is 4.74 Å². The van der Waals surface area contributed by atoms with Gasteiger partial charge in [0.05, 0.1) is 16.7 Å². The zero-order chi connectivity index (χ0) is 14.3. The summed E-state index contributed by atoms with van der Waals surface area (Å²) < 4.78 is 5.56. The third kappa shape index (κ3) is 6.13. The van der Waals surface area contributed by atoms with E-state index in [1.54, 1.807) is 0 Å². The van der Waals surface area contributed by atoms with Gasteiger partial charge in [0, 0.05) is 19.2 Å². The highest BCUT2D eigenvalue weighted by Gasteiger charge is 2.10. The van der Waals surface area contributed by atoms with Crippen LogP contribution in [0.25, 0.3) is 0 Å². The molecule has 0 spiro atoms. The second-order valence-electron chi connectivity index (χ2n) is 5.06. The van der Waals surface area contributed by atoms with Crippen LogP contribution in [0.4, 0.5) is 0 Å². The minimum absolute atomic E-state index is 0.289. The van der Waals surface area contributed by atoms with Crippen molar-refractivity contribution in [1.82, 2.24) is 5.32 Å². The van der Waals surface area contributed by atoms with Gasteiger partial charge in [-0.05, 0) is 30.0 Å². The van der Waals surface area contributed by atoms with Crippen molar-refractivity contribution in [2.24, 2.45) is 5.92 Å². The second-order valence-corrected chi connectivity index (χ2v) is 5.87. The molecule has 0 heterocycles. The Hall–Kier alpha value is -0.280. The maximum atomic E-state index is 6.05. The van der Waals surface area contributed by atoms with Gasteiger partial charge in [0.15, 0.2) is 0 Å². The van der Waals surface area contributed by atoms with Crippen molar-refractivity contribution in [3.05, 3.63) is 33.8 Å². The first-order valence-electron chi connectivity index (χ1n) is 6.80. The zero-order valence-corrected chi connectivity index (χ0v) is 13.4. The summed E-state index contributed by atoms with van der Waals surface area (Å²) in [6, 6.07) is 6.08. The second kappa shape index (κ2) is 8.80. The van der Waals surface area contributed by atoms with Gasteiger partial charge in [0.2, 0.25) is 0 Å². The molecule has 0 saturated carbocycles. The first kappa shape index (κ1) is 16.8. The smallest absolute Gasteiger partial charge is 0.0595 e. The molecule has 0 saturated heterocycles. The van der Waals surface area contributed by atoms with Crippen molar-refractivity contribution >= 4 is 23.2 Å². The van der Waals surface area contributed by atoms with Gasteiger partial charge < -0.3 is 10.1 Å². The van der Waals surface area contributed by atoms with Crippen molar-refractivity contribution in [1.29, 1.82) is 0 Å². The first-order valence-corrected chi connectivity index (χ1v) is 7.56. The predicted molar refractivity (Wildman–Crippen MR) is 83.2 cm³/mol. The third-order valence-electron chi connectivity index (χ3n) is 2.84. The summed E-state index contributed by atoms with van der Waals surface area (Å²) in [5.74, 6) is 0.581. The maximum absolute atomic E-state index is 6.05. The molecular formula is C15H23Cl2NO. The molecule has 0 aliphatic rings. The van der Waals surface area contributed by atoms with Crippen molar-refractivity contribution in [2.75, 3.05) is 19.8 Å². The van der Waals surface area contributed by atoms with E-state index in [1.807, 2.05) is 18.2 Å². The lowest BCUT2D eigenvalue weighted by Gasteiger charge is -2.18. The molecule has 0 radical (unpaired) electrons. The molecule has 0 bridgehead atoms. The Labute approximate surface area is 126 Å². The minimum Gasteiger partial charge on any atom is -0.380 e. The Morgan fingerprint density at radius 3 is 2.53 bits per heavy atom. The Bertz CT molecular complexity index is 382. The van der Waals surface area contributed by atoms with Crippen LogP contribution in [0.5, 0.6) is 0 Å². The van der Waals surface area contributed by atoms with Crippen LogP contribution < -0.4 is 5.32 Å². The molecule has 0 amide bonds. The van der Waals surface area contributed by atoms with Crippen LogP contribution in [-0.4, -0.2) is 19.8 Å². The van der Waals surface area contributed by atoms with Gasteiger partial charge in [-0.25, -0.2) is 0 Å². The van der Waals surface area contributed by atoms with Gasteiger partial charge in [0.25, 0.3) is 0 Å². The van der Waals surface area contributed by atoms with E-state index < -0.39 is 0 Å². The van der Waals surface area contributed by atoms with Crippen molar-refractivity contribution < 1.29 is 4.74 Å². The summed E-state index contributed by atoms with van der Waals surface area (Å²) in [4.78, 5) is 0. The summed E-state index contributed by atoms with van der Waals surface area (Å²) in [6.45, 7) is 8.83. The monoisotopic (exact) mass is 303 g/mol. The van der Waals surface area contributed by atoms with Crippen molar-refractivity contribution in [3.8, 4) is 0 Å². The molecule has 1 unspecified atom stereocenters.